The van der Waals surface area contributed by atoms with Gasteiger partial charge in [0.25, 0.3) is 17.3 Å². The maximum absolute atomic E-state index is 13.1. The maximum atomic E-state index is 13.1. The Balaban J connectivity index is 1.39. The average Bonchev–Trinajstić information content (AvgIpc) is 3.78. The van der Waals surface area contributed by atoms with Gasteiger partial charge in [-0.1, -0.05) is 12.1 Å². The predicted molar refractivity (Wildman–Crippen MR) is 131 cm³/mol. The molecule has 2 aromatic heterocycles. The fourth-order valence-corrected chi connectivity index (χ4v) is 6.72. The highest BCUT2D eigenvalue weighted by atomic mass is 32.2. The Bertz CT molecular complexity index is 1570. The Morgan fingerprint density at radius 1 is 1.31 bits per heavy atom. The van der Waals surface area contributed by atoms with E-state index in [4.69, 9.17) is 10.00 Å². The highest BCUT2D eigenvalue weighted by molar-refractivity contribution is 7.94. The number of hydrogen-bond acceptors (Lipinski definition) is 8. The molecule has 2 saturated carbocycles. The molecule has 1 amide bonds. The van der Waals surface area contributed by atoms with Gasteiger partial charge in [-0.3, -0.25) is 9.59 Å². The number of carbonyl (C=O) groups excluding carboxylic acids is 1. The first kappa shape index (κ1) is 23.9. The summed E-state index contributed by atoms with van der Waals surface area (Å²) >= 11 is 0. The molecule has 2 aliphatic rings. The van der Waals surface area contributed by atoms with E-state index >= 15 is 0 Å². The highest BCUT2D eigenvalue weighted by Gasteiger charge is 2.60. The van der Waals surface area contributed by atoms with E-state index in [9.17, 15) is 18.0 Å². The van der Waals surface area contributed by atoms with Gasteiger partial charge < -0.3 is 14.6 Å². The Labute approximate surface area is 207 Å². The first-order valence-corrected chi connectivity index (χ1v) is 13.2. The number of aryl methyl sites for hydroxylation is 1. The van der Waals surface area contributed by atoms with Gasteiger partial charge in [0.2, 0.25) is 0 Å². The minimum Gasteiger partial charge on any atom is -0.473 e. The molecule has 0 bridgehead atoms. The van der Waals surface area contributed by atoms with E-state index in [2.05, 4.69) is 15.5 Å². The summed E-state index contributed by atoms with van der Waals surface area (Å²) in [5.41, 5.74) is 1.02. The molecule has 2 aliphatic carbocycles. The van der Waals surface area contributed by atoms with Crippen LogP contribution in [0.4, 0.5) is 0 Å². The lowest BCUT2D eigenvalue weighted by atomic mass is 10.1. The smallest absolute Gasteiger partial charge is 0.263 e. The van der Waals surface area contributed by atoms with Crippen LogP contribution in [-0.4, -0.2) is 45.7 Å². The second kappa shape index (κ2) is 8.71. The van der Waals surface area contributed by atoms with Gasteiger partial charge in [0, 0.05) is 12.4 Å². The van der Waals surface area contributed by atoms with E-state index in [0.717, 1.165) is 5.56 Å². The van der Waals surface area contributed by atoms with E-state index in [0.29, 0.717) is 42.1 Å². The number of ether oxygens (including phenoxy) is 1. The Morgan fingerprint density at radius 2 is 2.00 bits per heavy atom. The molecule has 1 aromatic carbocycles. The molecule has 2 heterocycles. The standard InChI is InChI=1S/C25H25N5O5S/c1-15(17-5-3-16(12-26)4-6-17)28-22(31)20-11-18-13-27-29-23(21(18)30(2)24(20)32)35-14-25(9-10-25)36(33,34)19-7-8-19/h3-6,11,13,15,19H,7-10,14H2,1-2H3,(H,28,31)/t15-/m0/s1. The second-order valence-electron chi connectivity index (χ2n) is 9.52. The Morgan fingerprint density at radius 3 is 2.61 bits per heavy atom. The quantitative estimate of drug-likeness (QED) is 0.488. The van der Waals surface area contributed by atoms with Crippen molar-refractivity contribution < 1.29 is 17.9 Å². The lowest BCUT2D eigenvalue weighted by molar-refractivity contribution is 0.0938. The van der Waals surface area contributed by atoms with E-state index in [-0.39, 0.29) is 23.3 Å². The zero-order chi connectivity index (χ0) is 25.7. The molecule has 0 spiro atoms. The number of rotatable bonds is 8. The molecule has 3 aromatic rings. The molecule has 0 saturated heterocycles. The van der Waals surface area contributed by atoms with Crippen LogP contribution in [0.15, 0.2) is 41.3 Å². The first-order valence-electron chi connectivity index (χ1n) is 11.7. The molecule has 1 atom stereocenters. The number of amides is 1. The molecule has 5 rings (SSSR count). The lowest BCUT2D eigenvalue weighted by Crippen LogP contribution is -2.34. The summed E-state index contributed by atoms with van der Waals surface area (Å²) in [4.78, 5) is 26.1. The van der Waals surface area contributed by atoms with E-state index in [1.165, 1.54) is 23.9 Å². The van der Waals surface area contributed by atoms with Gasteiger partial charge in [0.1, 0.15) is 22.4 Å². The zero-order valence-corrected chi connectivity index (χ0v) is 20.7. The highest BCUT2D eigenvalue weighted by Crippen LogP contribution is 2.50. The van der Waals surface area contributed by atoms with Crippen LogP contribution in [0.5, 0.6) is 5.88 Å². The molecule has 0 radical (unpaired) electrons. The van der Waals surface area contributed by atoms with Gasteiger partial charge in [-0.25, -0.2) is 8.42 Å². The predicted octanol–water partition coefficient (Wildman–Crippen LogP) is 2.18. The molecule has 0 aliphatic heterocycles. The Kier molecular flexibility index (Phi) is 5.79. The van der Waals surface area contributed by atoms with Crippen molar-refractivity contribution in [3.05, 3.63) is 63.6 Å². The van der Waals surface area contributed by atoms with Crippen molar-refractivity contribution in [3.8, 4) is 11.9 Å². The number of hydrogen-bond donors (Lipinski definition) is 1. The third-order valence-electron chi connectivity index (χ3n) is 6.97. The van der Waals surface area contributed by atoms with Gasteiger partial charge >= 0.3 is 0 Å². The molecule has 36 heavy (non-hydrogen) atoms. The summed E-state index contributed by atoms with van der Waals surface area (Å²) in [5.74, 6) is -0.497. The van der Waals surface area contributed by atoms with Crippen molar-refractivity contribution in [2.24, 2.45) is 7.05 Å². The van der Waals surface area contributed by atoms with Crippen LogP contribution in [0, 0.1) is 11.3 Å². The van der Waals surface area contributed by atoms with Gasteiger partial charge in [-0.2, -0.15) is 10.4 Å². The lowest BCUT2D eigenvalue weighted by Gasteiger charge is -2.18. The fraction of sp³-hybridized carbons (Fsp3) is 0.400. The van der Waals surface area contributed by atoms with E-state index in [1.54, 1.807) is 31.2 Å². The van der Waals surface area contributed by atoms with Crippen molar-refractivity contribution in [2.75, 3.05) is 6.61 Å². The van der Waals surface area contributed by atoms with Gasteiger partial charge in [0.05, 0.1) is 29.1 Å². The third kappa shape index (κ3) is 4.11. The van der Waals surface area contributed by atoms with Crippen LogP contribution in [-0.2, 0) is 16.9 Å². The summed E-state index contributed by atoms with van der Waals surface area (Å²) < 4.78 is 31.8. The molecule has 0 unspecified atom stereocenters. The molecule has 2 fully saturated rings. The molecular formula is C25H25N5O5S. The number of nitrogens with zero attached hydrogens (tertiary/aromatic N) is 4. The van der Waals surface area contributed by atoms with Crippen LogP contribution in [0.2, 0.25) is 0 Å². The van der Waals surface area contributed by atoms with Crippen molar-refractivity contribution in [1.82, 2.24) is 20.1 Å². The third-order valence-corrected chi connectivity index (χ3v) is 10.1. The van der Waals surface area contributed by atoms with Crippen LogP contribution < -0.4 is 15.6 Å². The van der Waals surface area contributed by atoms with Crippen LogP contribution in [0.3, 0.4) is 0 Å². The Hall–Kier alpha value is -3.78. The maximum Gasteiger partial charge on any atom is 0.263 e. The van der Waals surface area contributed by atoms with E-state index < -0.39 is 32.1 Å². The fourth-order valence-electron chi connectivity index (χ4n) is 4.36. The monoisotopic (exact) mass is 507 g/mol. The molecule has 11 heteroatoms. The van der Waals surface area contributed by atoms with Gasteiger partial charge in [0.15, 0.2) is 9.84 Å². The number of carbonyl (C=O) groups is 1. The topological polar surface area (TPSA) is 144 Å². The minimum absolute atomic E-state index is 0.0435. The summed E-state index contributed by atoms with van der Waals surface area (Å²) in [6.07, 6.45) is 3.91. The van der Waals surface area contributed by atoms with Gasteiger partial charge in [-0.05, 0) is 56.4 Å². The zero-order valence-electron chi connectivity index (χ0n) is 19.9. The van der Waals surface area contributed by atoms with Crippen LogP contribution >= 0.6 is 0 Å². The first-order chi connectivity index (χ1) is 17.2. The summed E-state index contributed by atoms with van der Waals surface area (Å²) in [7, 11) is -1.76. The number of aromatic nitrogens is 3. The summed E-state index contributed by atoms with van der Waals surface area (Å²) in [6.45, 7) is 1.74. The second-order valence-corrected chi connectivity index (χ2v) is 12.1. The van der Waals surface area contributed by atoms with Crippen molar-refractivity contribution >= 4 is 26.6 Å². The largest absolute Gasteiger partial charge is 0.473 e. The molecular weight excluding hydrogens is 482 g/mol. The SMILES string of the molecule is C[C@H](NC(=O)c1cc2cnnc(OCC3(S(=O)(=O)C4CC4)CC3)c2n(C)c1=O)c1ccc(C#N)cc1. The number of nitrogens with one attached hydrogen (secondary N) is 1. The summed E-state index contributed by atoms with van der Waals surface area (Å²) in [6, 6.07) is 9.90. The number of sulfone groups is 1. The van der Waals surface area contributed by atoms with E-state index in [1.807, 2.05) is 6.07 Å². The molecule has 1 N–H and O–H groups in total. The number of fused-ring (bicyclic) bond motifs is 1. The van der Waals surface area contributed by atoms with Gasteiger partial charge in [-0.15, -0.1) is 5.10 Å². The average molecular weight is 508 g/mol. The number of nitriles is 1. The number of pyridine rings is 1. The summed E-state index contributed by atoms with van der Waals surface area (Å²) in [5, 5.41) is 19.9. The number of benzene rings is 1. The van der Waals surface area contributed by atoms with Crippen molar-refractivity contribution in [3.63, 3.8) is 0 Å². The molecule has 10 nitrogen and oxygen atoms in total. The van der Waals surface area contributed by atoms with Crippen molar-refractivity contribution in [1.29, 1.82) is 5.26 Å². The van der Waals surface area contributed by atoms with Crippen LogP contribution in [0.25, 0.3) is 10.9 Å². The minimum atomic E-state index is -3.26. The normalized spacial score (nSPS) is 17.2. The van der Waals surface area contributed by atoms with Crippen molar-refractivity contribution in [2.45, 2.75) is 48.6 Å². The van der Waals surface area contributed by atoms with Crippen LogP contribution in [0.1, 0.15) is 60.1 Å². The molecule has 186 valence electrons.